The fourth-order valence-electron chi connectivity index (χ4n) is 0.712. The smallest absolute Gasteiger partial charge is 0.285 e. The van der Waals surface area contributed by atoms with Crippen LogP contribution in [0.5, 0.6) is 0 Å². The third kappa shape index (κ3) is 2.78. The minimum absolute atomic E-state index is 0.247. The molecule has 0 aliphatic heterocycles. The second-order valence-electron chi connectivity index (χ2n) is 2.10. The van der Waals surface area contributed by atoms with Gasteiger partial charge in [0.25, 0.3) is 0 Å². The zero-order valence-corrected chi connectivity index (χ0v) is 6.47. The SMILES string of the molecule is O=C(ON[N+](=O)[O-])c1ccccc1. The summed E-state index contributed by atoms with van der Waals surface area (Å²) < 4.78 is 0. The summed E-state index contributed by atoms with van der Waals surface area (Å²) >= 11 is 0. The first-order valence-corrected chi connectivity index (χ1v) is 3.36. The molecule has 0 radical (unpaired) electrons. The number of benzene rings is 1. The summed E-state index contributed by atoms with van der Waals surface area (Å²) in [6, 6.07) is 7.96. The van der Waals surface area contributed by atoms with Crippen molar-refractivity contribution in [2.45, 2.75) is 0 Å². The summed E-state index contributed by atoms with van der Waals surface area (Å²) in [6.07, 6.45) is 0. The topological polar surface area (TPSA) is 81.5 Å². The average molecular weight is 182 g/mol. The molecule has 1 aromatic carbocycles. The van der Waals surface area contributed by atoms with Crippen LogP contribution in [-0.2, 0) is 4.84 Å². The Labute approximate surface area is 73.2 Å². The van der Waals surface area contributed by atoms with Crippen LogP contribution < -0.4 is 5.59 Å². The van der Waals surface area contributed by atoms with Crippen molar-refractivity contribution in [2.24, 2.45) is 0 Å². The van der Waals surface area contributed by atoms with Gasteiger partial charge in [0, 0.05) is 5.59 Å². The van der Waals surface area contributed by atoms with E-state index in [4.69, 9.17) is 0 Å². The van der Waals surface area contributed by atoms with Crippen LogP contribution in [0.3, 0.4) is 0 Å². The van der Waals surface area contributed by atoms with Gasteiger partial charge >= 0.3 is 5.97 Å². The first-order chi connectivity index (χ1) is 6.20. The molecule has 0 saturated heterocycles. The van der Waals surface area contributed by atoms with Crippen molar-refractivity contribution in [3.63, 3.8) is 0 Å². The van der Waals surface area contributed by atoms with Crippen LogP contribution in [0, 0.1) is 10.1 Å². The maximum atomic E-state index is 11.0. The van der Waals surface area contributed by atoms with Crippen LogP contribution in [0.25, 0.3) is 0 Å². The molecule has 1 aromatic rings. The van der Waals surface area contributed by atoms with Crippen LogP contribution >= 0.6 is 0 Å². The van der Waals surface area contributed by atoms with Crippen LogP contribution in [0.1, 0.15) is 10.4 Å². The molecular formula is C7H6N2O4. The molecule has 6 heteroatoms. The molecule has 0 saturated carbocycles. The molecule has 0 fully saturated rings. The van der Waals surface area contributed by atoms with Gasteiger partial charge in [0.15, 0.2) is 5.03 Å². The number of carbonyl (C=O) groups excluding carboxylic acids is 1. The number of rotatable bonds is 3. The van der Waals surface area contributed by atoms with Gasteiger partial charge in [-0.15, -0.1) is 0 Å². The minimum atomic E-state index is -0.958. The zero-order valence-electron chi connectivity index (χ0n) is 6.47. The lowest BCUT2D eigenvalue weighted by molar-refractivity contribution is -0.596. The Balaban J connectivity index is 2.54. The van der Waals surface area contributed by atoms with Gasteiger partial charge in [-0.2, -0.15) is 0 Å². The van der Waals surface area contributed by atoms with Gasteiger partial charge in [0.05, 0.1) is 5.56 Å². The predicted molar refractivity (Wildman–Crippen MR) is 42.0 cm³/mol. The van der Waals surface area contributed by atoms with E-state index in [1.54, 1.807) is 18.2 Å². The highest BCUT2D eigenvalue weighted by atomic mass is 16.8. The maximum Gasteiger partial charge on any atom is 0.369 e. The zero-order chi connectivity index (χ0) is 9.68. The highest BCUT2D eigenvalue weighted by Gasteiger charge is 2.07. The maximum absolute atomic E-state index is 11.0. The lowest BCUT2D eigenvalue weighted by atomic mass is 10.2. The summed E-state index contributed by atoms with van der Waals surface area (Å²) in [6.45, 7) is 0. The Morgan fingerprint density at radius 1 is 1.38 bits per heavy atom. The summed E-state index contributed by atoms with van der Waals surface area (Å²) in [5.41, 5.74) is 1.56. The molecule has 68 valence electrons. The predicted octanol–water partition coefficient (Wildman–Crippen LogP) is 0.540. The summed E-state index contributed by atoms with van der Waals surface area (Å²) in [5, 5.41) is 8.79. The molecule has 0 aliphatic rings. The van der Waals surface area contributed by atoms with Gasteiger partial charge in [-0.3, -0.25) is 4.84 Å². The van der Waals surface area contributed by atoms with Crippen molar-refractivity contribution >= 4 is 5.97 Å². The van der Waals surface area contributed by atoms with E-state index in [2.05, 4.69) is 4.84 Å². The molecule has 0 aliphatic carbocycles. The number of hydrogen-bond acceptors (Lipinski definition) is 4. The molecule has 0 unspecified atom stereocenters. The van der Waals surface area contributed by atoms with E-state index < -0.39 is 11.0 Å². The Morgan fingerprint density at radius 2 is 2.00 bits per heavy atom. The summed E-state index contributed by atoms with van der Waals surface area (Å²) in [7, 11) is 0. The molecule has 1 rings (SSSR count). The Morgan fingerprint density at radius 3 is 2.54 bits per heavy atom. The van der Waals surface area contributed by atoms with E-state index >= 15 is 0 Å². The van der Waals surface area contributed by atoms with Gasteiger partial charge in [0.2, 0.25) is 0 Å². The minimum Gasteiger partial charge on any atom is -0.285 e. The van der Waals surface area contributed by atoms with E-state index in [9.17, 15) is 14.9 Å². The number of carbonyl (C=O) groups is 1. The number of hydrogen-bond donors (Lipinski definition) is 1. The van der Waals surface area contributed by atoms with E-state index in [-0.39, 0.29) is 5.56 Å². The van der Waals surface area contributed by atoms with Crippen molar-refractivity contribution in [1.82, 2.24) is 5.59 Å². The Hall–Kier alpha value is -2.11. The molecule has 0 heterocycles. The van der Waals surface area contributed by atoms with Gasteiger partial charge < -0.3 is 0 Å². The highest BCUT2D eigenvalue weighted by Crippen LogP contribution is 1.99. The van der Waals surface area contributed by atoms with Gasteiger partial charge in [-0.25, -0.2) is 14.9 Å². The lowest BCUT2D eigenvalue weighted by Gasteiger charge is -1.97. The number of nitrogens with zero attached hydrogens (tertiary/aromatic N) is 1. The van der Waals surface area contributed by atoms with Crippen molar-refractivity contribution in [1.29, 1.82) is 0 Å². The molecule has 6 nitrogen and oxygen atoms in total. The molecule has 0 bridgehead atoms. The van der Waals surface area contributed by atoms with Gasteiger partial charge in [-0.05, 0) is 12.1 Å². The monoisotopic (exact) mass is 182 g/mol. The fraction of sp³-hybridized carbons (Fsp3) is 0. The van der Waals surface area contributed by atoms with Crippen LogP contribution in [0.4, 0.5) is 0 Å². The molecule has 0 aromatic heterocycles. The number of nitrogens with one attached hydrogen (secondary N) is 1. The standard InChI is InChI=1S/C7H6N2O4/c10-7(13-8-9(11)12)6-4-2-1-3-5-6/h1-5,8H. The molecule has 0 spiro atoms. The molecule has 1 N–H and O–H groups in total. The second-order valence-corrected chi connectivity index (χ2v) is 2.10. The highest BCUT2D eigenvalue weighted by molar-refractivity contribution is 5.88. The van der Waals surface area contributed by atoms with Gasteiger partial charge in [0.1, 0.15) is 0 Å². The molecule has 0 amide bonds. The molecule has 13 heavy (non-hydrogen) atoms. The summed E-state index contributed by atoms with van der Waals surface area (Å²) in [5.74, 6) is -0.794. The van der Waals surface area contributed by atoms with Crippen LogP contribution in [0.15, 0.2) is 30.3 Å². The van der Waals surface area contributed by atoms with E-state index in [0.29, 0.717) is 0 Å². The van der Waals surface area contributed by atoms with Gasteiger partial charge in [-0.1, -0.05) is 18.2 Å². The molecular weight excluding hydrogens is 176 g/mol. The lowest BCUT2D eigenvalue weighted by Crippen LogP contribution is -2.25. The largest absolute Gasteiger partial charge is 0.369 e. The third-order valence-corrected chi connectivity index (χ3v) is 1.22. The normalized spacial score (nSPS) is 8.92. The van der Waals surface area contributed by atoms with Crippen molar-refractivity contribution < 1.29 is 14.7 Å². The Bertz CT molecular complexity index is 312. The quantitative estimate of drug-likeness (QED) is 0.545. The van der Waals surface area contributed by atoms with E-state index in [1.807, 2.05) is 0 Å². The van der Waals surface area contributed by atoms with Crippen molar-refractivity contribution in [2.75, 3.05) is 0 Å². The van der Waals surface area contributed by atoms with Crippen molar-refractivity contribution in [3.8, 4) is 0 Å². The summed E-state index contributed by atoms with van der Waals surface area (Å²) in [4.78, 5) is 24.8. The van der Waals surface area contributed by atoms with Crippen molar-refractivity contribution in [3.05, 3.63) is 46.0 Å². The first-order valence-electron chi connectivity index (χ1n) is 3.36. The first kappa shape index (κ1) is 8.98. The fourth-order valence-corrected chi connectivity index (χ4v) is 0.712. The number of hydrazine groups is 1. The number of nitro groups is 1. The van der Waals surface area contributed by atoms with Crippen LogP contribution in [-0.4, -0.2) is 11.0 Å². The van der Waals surface area contributed by atoms with E-state index in [1.165, 1.54) is 17.7 Å². The molecule has 0 atom stereocenters. The third-order valence-electron chi connectivity index (χ3n) is 1.22. The second kappa shape index (κ2) is 4.05. The van der Waals surface area contributed by atoms with E-state index in [0.717, 1.165) is 0 Å². The Kier molecular flexibility index (Phi) is 2.80. The van der Waals surface area contributed by atoms with Crippen LogP contribution in [0.2, 0.25) is 0 Å². The average Bonchev–Trinajstić information content (AvgIpc) is 2.15.